The highest BCUT2D eigenvalue weighted by atomic mass is 35.5. The minimum Gasteiger partial charge on any atom is -0.350 e. The number of hydrogen-bond acceptors (Lipinski definition) is 4. The summed E-state index contributed by atoms with van der Waals surface area (Å²) in [6.45, 7) is 9.62. The average molecular weight is 588 g/mol. The maximum Gasteiger partial charge on any atom is 0.264 e. The van der Waals surface area contributed by atoms with Gasteiger partial charge in [-0.25, -0.2) is 12.8 Å². The average Bonchev–Trinajstić information content (AvgIpc) is 2.86. The number of hydrogen-bond donors (Lipinski definition) is 1. The van der Waals surface area contributed by atoms with E-state index in [4.69, 9.17) is 11.6 Å². The summed E-state index contributed by atoms with van der Waals surface area (Å²) in [4.78, 5) is 28.3. The van der Waals surface area contributed by atoms with Gasteiger partial charge >= 0.3 is 0 Å². The fourth-order valence-corrected chi connectivity index (χ4v) is 5.82. The van der Waals surface area contributed by atoms with E-state index in [1.54, 1.807) is 58.0 Å². The number of amides is 2. The monoisotopic (exact) mass is 587 g/mol. The fraction of sp³-hybridized carbons (Fsp3) is 0.333. The summed E-state index contributed by atoms with van der Waals surface area (Å²) in [5.41, 5.74) is 1.28. The summed E-state index contributed by atoms with van der Waals surface area (Å²) in [7, 11) is -4.22. The molecule has 214 valence electrons. The van der Waals surface area contributed by atoms with E-state index in [9.17, 15) is 22.4 Å². The number of halogens is 2. The maximum absolute atomic E-state index is 14.7. The molecule has 3 aromatic rings. The number of nitrogens with zero attached hydrogens (tertiary/aromatic N) is 2. The summed E-state index contributed by atoms with van der Waals surface area (Å²) in [6.07, 6.45) is 0. The van der Waals surface area contributed by atoms with Gasteiger partial charge in [-0.1, -0.05) is 47.5 Å². The highest BCUT2D eigenvalue weighted by Crippen LogP contribution is 2.29. The van der Waals surface area contributed by atoms with Crippen LogP contribution in [0.1, 0.15) is 44.4 Å². The molecule has 10 heteroatoms. The number of carbonyl (C=O) groups excluding carboxylic acids is 2. The zero-order valence-electron chi connectivity index (χ0n) is 23.5. The molecule has 40 heavy (non-hydrogen) atoms. The van der Waals surface area contributed by atoms with Crippen LogP contribution < -0.4 is 9.62 Å². The van der Waals surface area contributed by atoms with Crippen LogP contribution in [0.4, 0.5) is 10.1 Å². The first kappa shape index (κ1) is 31.1. The van der Waals surface area contributed by atoms with Gasteiger partial charge in [-0.2, -0.15) is 0 Å². The van der Waals surface area contributed by atoms with E-state index in [0.717, 1.165) is 9.87 Å². The number of carbonyl (C=O) groups is 2. The first-order chi connectivity index (χ1) is 18.6. The third kappa shape index (κ3) is 7.61. The van der Waals surface area contributed by atoms with Crippen molar-refractivity contribution < 1.29 is 22.4 Å². The molecular weight excluding hydrogens is 553 g/mol. The van der Waals surface area contributed by atoms with Crippen molar-refractivity contribution in [1.82, 2.24) is 10.2 Å². The predicted octanol–water partition coefficient (Wildman–Crippen LogP) is 5.62. The minimum atomic E-state index is -4.22. The van der Waals surface area contributed by atoms with E-state index in [1.165, 1.54) is 48.2 Å². The molecule has 0 aliphatic heterocycles. The normalized spacial score (nSPS) is 12.5. The van der Waals surface area contributed by atoms with Crippen LogP contribution in [0.15, 0.2) is 71.6 Å². The van der Waals surface area contributed by atoms with Crippen molar-refractivity contribution in [3.8, 4) is 0 Å². The van der Waals surface area contributed by atoms with Crippen LogP contribution in [0.5, 0.6) is 0 Å². The van der Waals surface area contributed by atoms with E-state index in [2.05, 4.69) is 5.32 Å². The quantitative estimate of drug-likeness (QED) is 0.352. The van der Waals surface area contributed by atoms with Crippen LogP contribution in [0.25, 0.3) is 0 Å². The molecule has 0 aliphatic rings. The number of rotatable bonds is 9. The number of benzene rings is 3. The Labute approximate surface area is 241 Å². The van der Waals surface area contributed by atoms with Gasteiger partial charge in [-0.05, 0) is 83.5 Å². The Morgan fingerprint density at radius 3 is 2.20 bits per heavy atom. The van der Waals surface area contributed by atoms with E-state index in [1.807, 2.05) is 6.92 Å². The molecular formula is C30H35ClFN3O4S. The molecule has 0 saturated heterocycles. The van der Waals surface area contributed by atoms with Crippen LogP contribution in [0.3, 0.4) is 0 Å². The molecule has 0 fully saturated rings. The Kier molecular flexibility index (Phi) is 9.64. The molecule has 1 N–H and O–H groups in total. The van der Waals surface area contributed by atoms with Crippen LogP contribution in [0, 0.1) is 19.7 Å². The summed E-state index contributed by atoms with van der Waals surface area (Å²) < 4.78 is 43.5. The Morgan fingerprint density at radius 2 is 1.62 bits per heavy atom. The Bertz CT molecular complexity index is 1490. The zero-order chi connectivity index (χ0) is 29.8. The van der Waals surface area contributed by atoms with Crippen LogP contribution in [0.2, 0.25) is 5.02 Å². The lowest BCUT2D eigenvalue weighted by Crippen LogP contribution is -2.54. The van der Waals surface area contributed by atoms with Crippen molar-refractivity contribution in [2.45, 2.75) is 64.6 Å². The maximum atomic E-state index is 14.7. The van der Waals surface area contributed by atoms with Gasteiger partial charge in [0.15, 0.2) is 0 Å². The van der Waals surface area contributed by atoms with E-state index in [0.29, 0.717) is 10.6 Å². The molecule has 0 bridgehead atoms. The number of aryl methyl sites for hydroxylation is 2. The van der Waals surface area contributed by atoms with Crippen molar-refractivity contribution in [3.63, 3.8) is 0 Å². The standard InChI is InChI=1S/C30H35ClFN3O4S/c1-20-11-14-25(15-12-20)40(38,39)35(27-16-13-24(31)17-21(27)2)19-28(36)34(18-23-9-7-8-10-26(23)32)22(3)29(37)33-30(4,5)6/h7-17,22H,18-19H2,1-6H3,(H,33,37). The van der Waals surface area contributed by atoms with Gasteiger partial charge in [0.2, 0.25) is 11.8 Å². The summed E-state index contributed by atoms with van der Waals surface area (Å²) in [6, 6.07) is 15.9. The molecule has 0 aromatic heterocycles. The first-order valence-electron chi connectivity index (χ1n) is 12.8. The van der Waals surface area contributed by atoms with Crippen molar-refractivity contribution in [2.24, 2.45) is 0 Å². The number of nitrogens with one attached hydrogen (secondary N) is 1. The van der Waals surface area contributed by atoms with Crippen LogP contribution in [-0.2, 0) is 26.2 Å². The molecule has 3 aromatic carbocycles. The van der Waals surface area contributed by atoms with Gasteiger partial charge in [-0.3, -0.25) is 13.9 Å². The van der Waals surface area contributed by atoms with Crippen LogP contribution in [-0.4, -0.2) is 43.3 Å². The molecule has 1 unspecified atom stereocenters. The second-order valence-electron chi connectivity index (χ2n) is 10.8. The lowest BCUT2D eigenvalue weighted by Gasteiger charge is -2.34. The van der Waals surface area contributed by atoms with Gasteiger partial charge in [0.25, 0.3) is 10.0 Å². The molecule has 0 aliphatic carbocycles. The smallest absolute Gasteiger partial charge is 0.264 e. The molecule has 0 heterocycles. The molecule has 0 radical (unpaired) electrons. The number of anilines is 1. The summed E-state index contributed by atoms with van der Waals surface area (Å²) in [5, 5.41) is 3.25. The van der Waals surface area contributed by atoms with Gasteiger partial charge < -0.3 is 10.2 Å². The molecule has 2 amide bonds. The van der Waals surface area contributed by atoms with E-state index >= 15 is 0 Å². The highest BCUT2D eigenvalue weighted by Gasteiger charge is 2.34. The third-order valence-corrected chi connectivity index (χ3v) is 8.29. The van der Waals surface area contributed by atoms with Gasteiger partial charge in [0, 0.05) is 22.7 Å². The van der Waals surface area contributed by atoms with Gasteiger partial charge in [-0.15, -0.1) is 0 Å². The second-order valence-corrected chi connectivity index (χ2v) is 13.1. The van der Waals surface area contributed by atoms with Crippen LogP contribution >= 0.6 is 11.6 Å². The van der Waals surface area contributed by atoms with Crippen molar-refractivity contribution in [2.75, 3.05) is 10.8 Å². The minimum absolute atomic E-state index is 0.000530. The molecule has 7 nitrogen and oxygen atoms in total. The Morgan fingerprint density at radius 1 is 1.00 bits per heavy atom. The number of sulfonamides is 1. The van der Waals surface area contributed by atoms with Crippen molar-refractivity contribution in [3.05, 3.63) is 94.3 Å². The fourth-order valence-electron chi connectivity index (χ4n) is 4.12. The first-order valence-corrected chi connectivity index (χ1v) is 14.6. The van der Waals surface area contributed by atoms with Crippen molar-refractivity contribution >= 4 is 39.1 Å². The van der Waals surface area contributed by atoms with E-state index < -0.39 is 45.8 Å². The van der Waals surface area contributed by atoms with Crippen molar-refractivity contribution in [1.29, 1.82) is 0 Å². The Hall–Kier alpha value is -3.43. The molecule has 3 rings (SSSR count). The topological polar surface area (TPSA) is 86.8 Å². The van der Waals surface area contributed by atoms with Gasteiger partial charge in [0.1, 0.15) is 18.4 Å². The van der Waals surface area contributed by atoms with E-state index in [-0.39, 0.29) is 22.7 Å². The summed E-state index contributed by atoms with van der Waals surface area (Å²) in [5.74, 6) is -1.67. The largest absolute Gasteiger partial charge is 0.350 e. The lowest BCUT2D eigenvalue weighted by molar-refractivity contribution is -0.140. The summed E-state index contributed by atoms with van der Waals surface area (Å²) >= 11 is 6.14. The highest BCUT2D eigenvalue weighted by molar-refractivity contribution is 7.92. The SMILES string of the molecule is Cc1ccc(S(=O)(=O)N(CC(=O)N(Cc2ccccc2F)C(C)C(=O)NC(C)(C)C)c2ccc(Cl)cc2C)cc1. The van der Waals surface area contributed by atoms with Gasteiger partial charge in [0.05, 0.1) is 10.6 Å². The molecule has 0 spiro atoms. The molecule has 0 saturated carbocycles. The predicted molar refractivity (Wildman–Crippen MR) is 156 cm³/mol. The third-order valence-electron chi connectivity index (χ3n) is 6.28. The Balaban J connectivity index is 2.08. The second kappa shape index (κ2) is 12.4. The lowest BCUT2D eigenvalue weighted by atomic mass is 10.1. The zero-order valence-corrected chi connectivity index (χ0v) is 25.1. The molecule has 1 atom stereocenters.